The third-order valence-corrected chi connectivity index (χ3v) is 3.46. The molecule has 0 fully saturated rings. The fourth-order valence-corrected chi connectivity index (χ4v) is 1.93. The Kier molecular flexibility index (Phi) is 7.13. The molecule has 0 saturated carbocycles. The van der Waals surface area contributed by atoms with Crippen molar-refractivity contribution in [3.05, 3.63) is 29.8 Å². The average Bonchev–Trinajstić information content (AvgIpc) is 2.44. The van der Waals surface area contributed by atoms with Gasteiger partial charge in [-0.2, -0.15) is 0 Å². The number of hydrogen-bond acceptors (Lipinski definition) is 2. The highest BCUT2D eigenvalue weighted by atomic mass is 16.5. The number of ether oxygens (including phenoxy) is 1. The van der Waals surface area contributed by atoms with E-state index < -0.39 is 0 Å². The van der Waals surface area contributed by atoms with Gasteiger partial charge in [0.05, 0.1) is 0 Å². The van der Waals surface area contributed by atoms with Crippen molar-refractivity contribution in [2.75, 3.05) is 13.2 Å². The molecule has 0 heterocycles. The number of benzene rings is 1. The summed E-state index contributed by atoms with van der Waals surface area (Å²) in [6.45, 7) is 9.42. The number of nitrogens with one attached hydrogen (secondary N) is 1. The van der Waals surface area contributed by atoms with E-state index in [0.29, 0.717) is 18.4 Å². The molecule has 20 heavy (non-hydrogen) atoms. The van der Waals surface area contributed by atoms with E-state index in [4.69, 9.17) is 4.74 Å². The van der Waals surface area contributed by atoms with Crippen LogP contribution in [0.2, 0.25) is 0 Å². The van der Waals surface area contributed by atoms with Gasteiger partial charge in [0.2, 0.25) is 0 Å². The van der Waals surface area contributed by atoms with Crippen LogP contribution in [0.25, 0.3) is 0 Å². The molecular weight excluding hydrogens is 250 g/mol. The molecule has 0 radical (unpaired) electrons. The van der Waals surface area contributed by atoms with Crippen molar-refractivity contribution in [3.8, 4) is 5.75 Å². The van der Waals surface area contributed by atoms with Crippen LogP contribution in [0.1, 0.15) is 52.0 Å². The molecule has 0 aliphatic rings. The Labute approximate surface area is 122 Å². The molecule has 0 saturated heterocycles. The number of carbonyl (C=O) groups excluding carboxylic acids is 1. The van der Waals surface area contributed by atoms with Crippen LogP contribution >= 0.6 is 0 Å². The third-order valence-electron chi connectivity index (χ3n) is 3.46. The first kappa shape index (κ1) is 16.5. The van der Waals surface area contributed by atoms with E-state index in [9.17, 15) is 4.79 Å². The van der Waals surface area contributed by atoms with Crippen molar-refractivity contribution in [2.45, 2.75) is 46.5 Å². The van der Waals surface area contributed by atoms with Gasteiger partial charge < -0.3 is 10.1 Å². The van der Waals surface area contributed by atoms with Crippen LogP contribution in [0.15, 0.2) is 24.3 Å². The zero-order valence-electron chi connectivity index (χ0n) is 13.1. The van der Waals surface area contributed by atoms with Gasteiger partial charge in [0.1, 0.15) is 5.75 Å². The van der Waals surface area contributed by atoms with E-state index in [2.05, 4.69) is 39.1 Å². The summed E-state index contributed by atoms with van der Waals surface area (Å²) in [6.07, 6.45) is 2.05. The topological polar surface area (TPSA) is 38.3 Å². The summed E-state index contributed by atoms with van der Waals surface area (Å²) < 4.78 is 5.67. The molecule has 112 valence electrons. The van der Waals surface area contributed by atoms with Crippen LogP contribution < -0.4 is 10.1 Å². The third kappa shape index (κ3) is 5.64. The second kappa shape index (κ2) is 8.62. The highest BCUT2D eigenvalue weighted by molar-refractivity contribution is 5.77. The van der Waals surface area contributed by atoms with E-state index in [-0.39, 0.29) is 12.5 Å². The Morgan fingerprint density at radius 3 is 2.60 bits per heavy atom. The molecule has 0 bridgehead atoms. The second-order valence-electron chi connectivity index (χ2n) is 5.67. The maximum Gasteiger partial charge on any atom is 0.257 e. The van der Waals surface area contributed by atoms with Crippen molar-refractivity contribution in [1.82, 2.24) is 5.32 Å². The lowest BCUT2D eigenvalue weighted by Crippen LogP contribution is -2.30. The van der Waals surface area contributed by atoms with E-state index in [1.807, 2.05) is 18.2 Å². The fourth-order valence-electron chi connectivity index (χ4n) is 1.93. The van der Waals surface area contributed by atoms with E-state index in [1.54, 1.807) is 0 Å². The van der Waals surface area contributed by atoms with E-state index in [1.165, 1.54) is 5.56 Å². The van der Waals surface area contributed by atoms with Crippen molar-refractivity contribution in [3.63, 3.8) is 0 Å². The minimum absolute atomic E-state index is 0.0513. The summed E-state index contributed by atoms with van der Waals surface area (Å²) in [5, 5.41) is 2.88. The molecule has 1 atom stereocenters. The lowest BCUT2D eigenvalue weighted by molar-refractivity contribution is -0.123. The summed E-state index contributed by atoms with van der Waals surface area (Å²) >= 11 is 0. The lowest BCUT2D eigenvalue weighted by atomic mass is 9.98. The Morgan fingerprint density at radius 1 is 1.25 bits per heavy atom. The van der Waals surface area contributed by atoms with Crippen LogP contribution in [-0.4, -0.2) is 19.1 Å². The number of rotatable bonds is 8. The molecule has 0 aromatic heterocycles. The molecule has 1 aromatic rings. The van der Waals surface area contributed by atoms with Crippen molar-refractivity contribution >= 4 is 5.91 Å². The Morgan fingerprint density at radius 2 is 1.95 bits per heavy atom. The Balaban J connectivity index is 2.47. The van der Waals surface area contributed by atoms with Gasteiger partial charge in [-0.1, -0.05) is 45.9 Å². The predicted octanol–water partition coefficient (Wildman–Crippen LogP) is 3.74. The van der Waals surface area contributed by atoms with Gasteiger partial charge in [-0.25, -0.2) is 0 Å². The van der Waals surface area contributed by atoms with Crippen molar-refractivity contribution < 1.29 is 9.53 Å². The molecule has 3 heteroatoms. The quantitative estimate of drug-likeness (QED) is 0.786. The molecule has 1 unspecified atom stereocenters. The molecule has 1 amide bonds. The van der Waals surface area contributed by atoms with Crippen LogP contribution in [0.3, 0.4) is 0 Å². The SMILES string of the molecule is CCC(C)c1ccccc1OCC(=O)NCCC(C)C. The summed E-state index contributed by atoms with van der Waals surface area (Å²) in [5.74, 6) is 1.81. The first-order chi connectivity index (χ1) is 9.54. The fraction of sp³-hybridized carbons (Fsp3) is 0.588. The predicted molar refractivity (Wildman–Crippen MR) is 83.1 cm³/mol. The molecule has 1 rings (SSSR count). The Bertz CT molecular complexity index is 415. The largest absolute Gasteiger partial charge is 0.483 e. The van der Waals surface area contributed by atoms with Crippen molar-refractivity contribution in [1.29, 1.82) is 0 Å². The number of amides is 1. The van der Waals surface area contributed by atoms with Gasteiger partial charge in [0.25, 0.3) is 5.91 Å². The standard InChI is InChI=1S/C17H27NO2/c1-5-14(4)15-8-6-7-9-16(15)20-12-17(19)18-11-10-13(2)3/h6-9,13-14H,5,10-12H2,1-4H3,(H,18,19). The second-order valence-corrected chi connectivity index (χ2v) is 5.67. The summed E-state index contributed by atoms with van der Waals surface area (Å²) in [7, 11) is 0. The summed E-state index contributed by atoms with van der Waals surface area (Å²) in [5.41, 5.74) is 1.17. The number of carbonyl (C=O) groups is 1. The van der Waals surface area contributed by atoms with Gasteiger partial charge in [-0.3, -0.25) is 4.79 Å². The summed E-state index contributed by atoms with van der Waals surface area (Å²) in [6, 6.07) is 7.96. The molecule has 3 nitrogen and oxygen atoms in total. The van der Waals surface area contributed by atoms with Crippen LogP contribution in [0.5, 0.6) is 5.75 Å². The van der Waals surface area contributed by atoms with E-state index >= 15 is 0 Å². The first-order valence-corrected chi connectivity index (χ1v) is 7.53. The van der Waals surface area contributed by atoms with Gasteiger partial charge >= 0.3 is 0 Å². The number of para-hydroxylation sites is 1. The molecule has 0 aliphatic carbocycles. The van der Waals surface area contributed by atoms with Crippen LogP contribution in [0, 0.1) is 5.92 Å². The zero-order valence-corrected chi connectivity index (χ0v) is 13.1. The summed E-state index contributed by atoms with van der Waals surface area (Å²) in [4.78, 5) is 11.7. The van der Waals surface area contributed by atoms with Crippen LogP contribution in [-0.2, 0) is 4.79 Å². The zero-order chi connectivity index (χ0) is 15.0. The molecule has 0 spiro atoms. The highest BCUT2D eigenvalue weighted by Gasteiger charge is 2.10. The molecule has 1 N–H and O–H groups in total. The van der Waals surface area contributed by atoms with Gasteiger partial charge in [-0.05, 0) is 36.3 Å². The van der Waals surface area contributed by atoms with Gasteiger partial charge in [-0.15, -0.1) is 0 Å². The van der Waals surface area contributed by atoms with Crippen LogP contribution in [0.4, 0.5) is 0 Å². The van der Waals surface area contributed by atoms with Gasteiger partial charge in [0, 0.05) is 6.54 Å². The van der Waals surface area contributed by atoms with E-state index in [0.717, 1.165) is 18.6 Å². The normalized spacial score (nSPS) is 12.2. The highest BCUT2D eigenvalue weighted by Crippen LogP contribution is 2.28. The lowest BCUT2D eigenvalue weighted by Gasteiger charge is -2.15. The van der Waals surface area contributed by atoms with Crippen molar-refractivity contribution in [2.24, 2.45) is 5.92 Å². The number of hydrogen-bond donors (Lipinski definition) is 1. The average molecular weight is 277 g/mol. The minimum Gasteiger partial charge on any atom is -0.483 e. The molecular formula is C17H27NO2. The maximum absolute atomic E-state index is 11.7. The van der Waals surface area contributed by atoms with Gasteiger partial charge in [0.15, 0.2) is 6.61 Å². The monoisotopic (exact) mass is 277 g/mol. The minimum atomic E-state index is -0.0513. The smallest absolute Gasteiger partial charge is 0.257 e. The Hall–Kier alpha value is -1.51. The molecule has 1 aromatic carbocycles. The molecule has 0 aliphatic heterocycles. The maximum atomic E-state index is 11.7. The first-order valence-electron chi connectivity index (χ1n) is 7.53.